The molecule has 2 N–H and O–H groups in total. The molecule has 0 saturated heterocycles. The van der Waals surface area contributed by atoms with Gasteiger partial charge in [-0.25, -0.2) is 4.98 Å². The van der Waals surface area contributed by atoms with Gasteiger partial charge in [0.15, 0.2) is 0 Å². The summed E-state index contributed by atoms with van der Waals surface area (Å²) < 4.78 is 2.03. The predicted molar refractivity (Wildman–Crippen MR) is 134 cm³/mol. The van der Waals surface area contributed by atoms with Gasteiger partial charge in [0, 0.05) is 23.8 Å². The largest absolute Gasteiger partial charge is 0.508 e. The number of benzene rings is 3. The molecule has 170 valence electrons. The van der Waals surface area contributed by atoms with E-state index < -0.39 is 5.54 Å². The van der Waals surface area contributed by atoms with Crippen LogP contribution in [0.15, 0.2) is 91.5 Å². The minimum absolute atomic E-state index is 0.170. The summed E-state index contributed by atoms with van der Waals surface area (Å²) in [6, 6.07) is 24.5. The van der Waals surface area contributed by atoms with Gasteiger partial charge in [-0.1, -0.05) is 85.6 Å². The molecule has 0 spiro atoms. The second-order valence-corrected chi connectivity index (χ2v) is 8.80. The number of aryl methyl sites for hydroxylation is 1. The number of imidazole rings is 1. The smallest absolute Gasteiger partial charge is 0.117 e. The third kappa shape index (κ3) is 5.29. The molecular weight excluding hydrogens is 430 g/mol. The summed E-state index contributed by atoms with van der Waals surface area (Å²) in [5.74, 6) is 0.170. The first-order valence-electron chi connectivity index (χ1n) is 11.4. The molecule has 33 heavy (non-hydrogen) atoms. The number of unbranched alkanes of at least 4 members (excludes halogenated alkanes) is 1. The number of aromatic hydroxyl groups is 1. The molecule has 0 fully saturated rings. The molecule has 0 aliphatic rings. The van der Waals surface area contributed by atoms with Crippen LogP contribution in [0, 0.1) is 0 Å². The average molecular weight is 460 g/mol. The molecule has 1 unspecified atom stereocenters. The fourth-order valence-electron chi connectivity index (χ4n) is 4.43. The third-order valence-electron chi connectivity index (χ3n) is 6.16. The summed E-state index contributed by atoms with van der Waals surface area (Å²) in [5.41, 5.74) is 4.18. The second kappa shape index (κ2) is 10.7. The van der Waals surface area contributed by atoms with Gasteiger partial charge in [-0.2, -0.15) is 0 Å². The lowest BCUT2D eigenvalue weighted by Crippen LogP contribution is -2.46. The summed E-state index contributed by atoms with van der Waals surface area (Å²) >= 11 is 6.63. The molecule has 4 aromatic rings. The van der Waals surface area contributed by atoms with E-state index in [2.05, 4.69) is 65.8 Å². The zero-order valence-electron chi connectivity index (χ0n) is 18.9. The minimum atomic E-state index is -0.531. The van der Waals surface area contributed by atoms with Crippen molar-refractivity contribution in [3.8, 4) is 5.75 Å². The molecule has 0 bridgehead atoms. The van der Waals surface area contributed by atoms with E-state index in [0.29, 0.717) is 18.1 Å². The van der Waals surface area contributed by atoms with Crippen molar-refractivity contribution in [2.75, 3.05) is 0 Å². The Morgan fingerprint density at radius 1 is 1.00 bits per heavy atom. The van der Waals surface area contributed by atoms with Crippen molar-refractivity contribution < 1.29 is 5.11 Å². The Hall–Kier alpha value is -3.08. The maximum atomic E-state index is 9.93. The zero-order chi connectivity index (χ0) is 23.1. The van der Waals surface area contributed by atoms with Gasteiger partial charge in [-0.3, -0.25) is 5.32 Å². The molecule has 5 heteroatoms. The van der Waals surface area contributed by atoms with Crippen LogP contribution < -0.4 is 5.32 Å². The number of phenolic OH excluding ortho intramolecular Hbond substituents is 1. The number of hydrogen-bond donors (Lipinski definition) is 2. The van der Waals surface area contributed by atoms with E-state index in [1.165, 1.54) is 16.7 Å². The number of hydrogen-bond acceptors (Lipinski definition) is 3. The van der Waals surface area contributed by atoms with E-state index in [1.807, 2.05) is 29.2 Å². The van der Waals surface area contributed by atoms with E-state index in [9.17, 15) is 5.11 Å². The summed E-state index contributed by atoms with van der Waals surface area (Å²) in [5, 5.41) is 14.4. The molecule has 3 aromatic carbocycles. The second-order valence-electron chi connectivity index (χ2n) is 8.40. The number of nitrogens with one attached hydrogen (secondary N) is 1. The van der Waals surface area contributed by atoms with Gasteiger partial charge in [0.25, 0.3) is 0 Å². The van der Waals surface area contributed by atoms with Crippen molar-refractivity contribution in [3.63, 3.8) is 0 Å². The summed E-state index contributed by atoms with van der Waals surface area (Å²) in [4.78, 5) is 4.21. The van der Waals surface area contributed by atoms with Gasteiger partial charge in [0.2, 0.25) is 0 Å². The van der Waals surface area contributed by atoms with Gasteiger partial charge < -0.3 is 9.67 Å². The average Bonchev–Trinajstić information content (AvgIpc) is 3.37. The Kier molecular flexibility index (Phi) is 7.48. The first kappa shape index (κ1) is 23.1. The van der Waals surface area contributed by atoms with Crippen molar-refractivity contribution in [2.45, 2.75) is 44.8 Å². The predicted octanol–water partition coefficient (Wildman–Crippen LogP) is 6.32. The minimum Gasteiger partial charge on any atom is -0.508 e. The lowest BCUT2D eigenvalue weighted by atomic mass is 9.75. The highest BCUT2D eigenvalue weighted by Gasteiger charge is 2.36. The van der Waals surface area contributed by atoms with Gasteiger partial charge in [0.05, 0.1) is 18.5 Å². The van der Waals surface area contributed by atoms with Crippen LogP contribution in [0.2, 0.25) is 5.02 Å². The molecule has 1 atom stereocenters. The standard InChI is InChI=1S/C28H30ClN3O/c1-2-3-9-22-10-7-8-13-26(22)28(24-11-5-4-6-12-24,31-21-32-17-16-30-20-32)19-23-14-15-25(33)18-27(23)29/h4-8,10-18,20,31,33H,2-3,9,19,21H2,1H3. The maximum Gasteiger partial charge on any atom is 0.117 e. The van der Waals surface area contributed by atoms with E-state index in [0.717, 1.165) is 24.8 Å². The van der Waals surface area contributed by atoms with Gasteiger partial charge in [-0.05, 0) is 47.2 Å². The normalized spacial score (nSPS) is 13.0. The van der Waals surface area contributed by atoms with Crippen LogP contribution >= 0.6 is 11.6 Å². The molecule has 4 nitrogen and oxygen atoms in total. The van der Waals surface area contributed by atoms with Gasteiger partial charge in [0.1, 0.15) is 5.75 Å². The quantitative estimate of drug-likeness (QED) is 0.292. The lowest BCUT2D eigenvalue weighted by molar-refractivity contribution is 0.353. The Bertz CT molecular complexity index is 1160. The highest BCUT2D eigenvalue weighted by atomic mass is 35.5. The first-order valence-corrected chi connectivity index (χ1v) is 11.8. The van der Waals surface area contributed by atoms with Crippen molar-refractivity contribution in [2.24, 2.45) is 0 Å². The van der Waals surface area contributed by atoms with Crippen LogP contribution in [0.3, 0.4) is 0 Å². The molecule has 0 aliphatic heterocycles. The van der Waals surface area contributed by atoms with Crippen LogP contribution in [0.25, 0.3) is 0 Å². The highest BCUT2D eigenvalue weighted by molar-refractivity contribution is 6.31. The maximum absolute atomic E-state index is 9.93. The number of nitrogens with zero attached hydrogens (tertiary/aromatic N) is 2. The molecule has 0 aliphatic carbocycles. The Labute approximate surface area is 200 Å². The van der Waals surface area contributed by atoms with Crippen molar-refractivity contribution in [1.82, 2.24) is 14.9 Å². The molecule has 0 saturated carbocycles. The fourth-order valence-corrected chi connectivity index (χ4v) is 4.67. The molecular formula is C28H30ClN3O. The van der Waals surface area contributed by atoms with Gasteiger partial charge in [-0.15, -0.1) is 0 Å². The van der Waals surface area contributed by atoms with E-state index in [1.54, 1.807) is 18.3 Å². The van der Waals surface area contributed by atoms with Crippen LogP contribution in [0.5, 0.6) is 5.75 Å². The Morgan fingerprint density at radius 3 is 2.52 bits per heavy atom. The fraction of sp³-hybridized carbons (Fsp3) is 0.250. The van der Waals surface area contributed by atoms with Gasteiger partial charge >= 0.3 is 0 Å². The summed E-state index contributed by atoms with van der Waals surface area (Å²) in [6.45, 7) is 2.81. The third-order valence-corrected chi connectivity index (χ3v) is 6.51. The molecule has 1 heterocycles. The Balaban J connectivity index is 1.89. The van der Waals surface area contributed by atoms with E-state index in [-0.39, 0.29) is 5.75 Å². The first-order chi connectivity index (χ1) is 16.1. The molecule has 1 aromatic heterocycles. The zero-order valence-corrected chi connectivity index (χ0v) is 19.7. The SMILES string of the molecule is CCCCc1ccccc1C(Cc1ccc(O)cc1Cl)(NCn1ccnc1)c1ccccc1. The number of phenols is 1. The van der Waals surface area contributed by atoms with Crippen LogP contribution in [0.4, 0.5) is 0 Å². The molecule has 0 radical (unpaired) electrons. The van der Waals surface area contributed by atoms with Crippen LogP contribution in [-0.4, -0.2) is 14.7 Å². The lowest BCUT2D eigenvalue weighted by Gasteiger charge is -2.38. The highest BCUT2D eigenvalue weighted by Crippen LogP contribution is 2.38. The van der Waals surface area contributed by atoms with Crippen molar-refractivity contribution >= 4 is 11.6 Å². The number of aromatic nitrogens is 2. The number of halogens is 1. The van der Waals surface area contributed by atoms with Crippen LogP contribution in [0.1, 0.15) is 42.0 Å². The number of rotatable bonds is 10. The molecule has 0 amide bonds. The summed E-state index contributed by atoms with van der Waals surface area (Å²) in [7, 11) is 0. The van der Waals surface area contributed by atoms with Crippen molar-refractivity contribution in [3.05, 3.63) is 119 Å². The van der Waals surface area contributed by atoms with E-state index >= 15 is 0 Å². The van der Waals surface area contributed by atoms with E-state index in [4.69, 9.17) is 11.6 Å². The topological polar surface area (TPSA) is 50.1 Å². The molecule has 4 rings (SSSR count). The summed E-state index contributed by atoms with van der Waals surface area (Å²) in [6.07, 6.45) is 9.48. The monoisotopic (exact) mass is 459 g/mol. The Morgan fingerprint density at radius 2 is 1.79 bits per heavy atom. The van der Waals surface area contributed by atoms with Crippen molar-refractivity contribution in [1.29, 1.82) is 0 Å². The van der Waals surface area contributed by atoms with Crippen LogP contribution in [-0.2, 0) is 25.0 Å².